The smallest absolute Gasteiger partial charge is 0.808 e. The number of halogens is 18. The van der Waals surface area contributed by atoms with Gasteiger partial charge < -0.3 is 113 Å². The van der Waals surface area contributed by atoms with Crippen molar-refractivity contribution in [2.75, 3.05) is 73.1 Å². The summed E-state index contributed by atoms with van der Waals surface area (Å²) in [5.41, 5.74) is 3.23. The molecule has 12 N–H and O–H groups in total. The average Bonchev–Trinajstić information content (AvgIpc) is 1.68. The molecule has 0 aliphatic carbocycles. The zero-order chi connectivity index (χ0) is 97.7. The number of rotatable bonds is 38. The van der Waals surface area contributed by atoms with Crippen LogP contribution >= 0.6 is 223 Å². The first kappa shape index (κ1) is 130. The van der Waals surface area contributed by atoms with Crippen molar-refractivity contribution < 1.29 is 218 Å². The van der Waals surface area contributed by atoms with Crippen LogP contribution in [-0.4, -0.2) is 288 Å². The number of aliphatic hydroxyl groups excluding tert-OH is 7. The minimum Gasteiger partial charge on any atom is -0.808 e. The third-order valence-corrected chi connectivity index (χ3v) is 34.8. The Morgan fingerprint density at radius 1 is 0.489 bits per heavy atom. The number of imidazole rings is 3. The van der Waals surface area contributed by atoms with E-state index in [0.29, 0.717) is 59.4 Å². The Bertz CT molecular complexity index is 4930. The van der Waals surface area contributed by atoms with Crippen LogP contribution in [0.15, 0.2) is 34.5 Å². The molecule has 2 unspecified atom stereocenters. The Morgan fingerprint density at radius 2 is 0.763 bits per heavy atom. The molecule has 747 valence electrons. The molecule has 0 amide bonds. The fraction of sp³-hybridized carbons (Fsp3) is 0.709. The third-order valence-electron chi connectivity index (χ3n) is 16.0. The molecule has 9 heterocycles. The number of carbonyl (C=O) groups excluding carboxylic acids is 1. The first-order chi connectivity index (χ1) is 58.7. The molecule has 3 fully saturated rings. The van der Waals surface area contributed by atoms with Crippen LogP contribution in [0.1, 0.15) is 81.7 Å². The molecule has 131 heavy (non-hydrogen) atoms. The molecular formula is C55H77BCl9F9N12NaO31P7S6-3. The molecule has 9 rings (SSSR count). The van der Waals surface area contributed by atoms with Crippen molar-refractivity contribution in [3.05, 3.63) is 36.1 Å². The largest absolute Gasteiger partial charge is 1.00 e. The number of hydrogen-bond acceptors (Lipinski definition) is 41. The van der Waals surface area contributed by atoms with Crippen molar-refractivity contribution in [1.29, 1.82) is 0 Å². The van der Waals surface area contributed by atoms with E-state index >= 15 is 0 Å². The number of carbonyl (C=O) groups is 1. The number of aliphatic hydroxyl groups is 7. The number of hydrogen-bond donors (Lipinski definition) is 12. The number of ether oxygens (including phenoxy) is 3. The number of aryl methyl sites for hydroxylation is 3. The van der Waals surface area contributed by atoms with Gasteiger partial charge >= 0.3 is 86.0 Å². The van der Waals surface area contributed by atoms with Crippen molar-refractivity contribution in [3.63, 3.8) is 0 Å². The van der Waals surface area contributed by atoms with Crippen LogP contribution < -0.4 is 49.5 Å². The summed E-state index contributed by atoms with van der Waals surface area (Å²) in [6.45, 7) is -2.28. The second-order valence-electron chi connectivity index (χ2n) is 25.3. The molecule has 3 radical (unpaired) electrons. The summed E-state index contributed by atoms with van der Waals surface area (Å²) in [4.78, 5) is 127. The standard InChI is InChI=1S/C18H26Cl2F3N4O12P3S2.C17H22Cl2F3N4O5PS2.C17H23F3N4O4S2.CH4Cl2O6P2.CH2O3.CH4.B.Cl3OP.Na/c1-43-5-2-3-9-11-14(26-16(25-9)44-6-4-17(21,22)23)27(8-24-11)15-13(29)12(28)10(38-15)7-37-42(35,36)39-41(33,34)18(19,20)40(30,31)32;1-33-5-2-3-9-11-14(25-16(24-9)34-6-4-17(20,21)22)26(8-23-11)15-13(28)12(27)10(31-15)7-30-32(18,19)29;1-29-5-2-3-9-11-14(23-16(22-9)30-6-4-17(18,19)20)24(8-21-11)15-13(27)12(26)10(7-25)28-15;2-1(3,10(4,5)6)11(7,8)9;2-1-4-3;;;1-5(2,3)4;/h8,10,12-13,15,28-29H,2-7H2,1H3,(H,33,34)(H,35,36)(H2,30,31,32);8,10,12-13,15,27-28H,2-7H2,1H3;8,10,12-13,15,25-27H,2-7H2,1H3;(H2,4,5,6)(H2,7,8,9);1,3H;1H4;;;/q;;;;;;;;+1/p-4/t3*10-,12-,13-,15-;;;;;;/m111....../s1. The van der Waals surface area contributed by atoms with E-state index in [1.54, 1.807) is 35.3 Å². The Morgan fingerprint density at radius 3 is 0.992 bits per heavy atom. The molecule has 0 spiro atoms. The number of aromatic nitrogens is 12. The summed E-state index contributed by atoms with van der Waals surface area (Å²) in [6.07, 6.45) is -23.1. The first-order valence-corrected chi connectivity index (χ1v) is 58.8. The van der Waals surface area contributed by atoms with Gasteiger partial charge in [-0.25, -0.2) is 49.2 Å². The normalized spacial score (nSPS) is 21.9. The summed E-state index contributed by atoms with van der Waals surface area (Å²) in [7, 11) is -28.9. The second kappa shape index (κ2) is 56.5. The molecule has 0 saturated carbocycles. The minimum absolute atomic E-state index is 0. The van der Waals surface area contributed by atoms with Crippen molar-refractivity contribution in [1.82, 2.24) is 58.6 Å². The third kappa shape index (κ3) is 41.6. The molecule has 0 aromatic carbocycles. The number of thioether (sulfide) groups is 6. The molecule has 43 nitrogen and oxygen atoms in total. The van der Waals surface area contributed by atoms with E-state index in [0.717, 1.165) is 76.3 Å². The van der Waals surface area contributed by atoms with Gasteiger partial charge in [-0.3, -0.25) is 45.9 Å². The maximum absolute atomic E-state index is 12.7. The first-order valence-electron chi connectivity index (χ1n) is 34.5. The van der Waals surface area contributed by atoms with Crippen LogP contribution in [0.3, 0.4) is 0 Å². The van der Waals surface area contributed by atoms with Gasteiger partial charge in [0.15, 0.2) is 51.1 Å². The van der Waals surface area contributed by atoms with Gasteiger partial charge in [0.05, 0.1) is 75.1 Å². The summed E-state index contributed by atoms with van der Waals surface area (Å²) >= 11 is 51.5. The average molecular weight is 2340 g/mol. The van der Waals surface area contributed by atoms with Gasteiger partial charge in [-0.2, -0.15) is 74.8 Å². The summed E-state index contributed by atoms with van der Waals surface area (Å²) in [6, 6.07) is 0. The molecule has 3 saturated heterocycles. The van der Waals surface area contributed by atoms with Gasteiger partial charge in [0, 0.05) is 25.7 Å². The van der Waals surface area contributed by atoms with Crippen LogP contribution in [0.5, 0.6) is 0 Å². The molecule has 6 aromatic heterocycles. The van der Waals surface area contributed by atoms with Crippen molar-refractivity contribution in [2.24, 2.45) is 0 Å². The van der Waals surface area contributed by atoms with E-state index < -0.39 is 188 Å². The maximum atomic E-state index is 12.7. The van der Waals surface area contributed by atoms with Gasteiger partial charge in [-0.05, 0) is 138 Å². The number of alkyl halides is 13. The van der Waals surface area contributed by atoms with Crippen molar-refractivity contribution >= 4 is 271 Å². The van der Waals surface area contributed by atoms with E-state index in [9.17, 15) is 127 Å². The van der Waals surface area contributed by atoms with Crippen LogP contribution in [-0.2, 0) is 88.5 Å². The predicted octanol–water partition coefficient (Wildman–Crippen LogP) is 6.58. The maximum Gasteiger partial charge on any atom is 1.00 e. The Kier molecular flexibility index (Phi) is 56.0. The second-order valence-corrected chi connectivity index (χ2v) is 56.6. The van der Waals surface area contributed by atoms with Gasteiger partial charge in [-0.1, -0.05) is 89.1 Å². The summed E-state index contributed by atoms with van der Waals surface area (Å²) < 4.78 is 216. The van der Waals surface area contributed by atoms with Crippen LogP contribution in [0.25, 0.3) is 33.5 Å². The topological polar surface area (TPSA) is 667 Å². The monoisotopic (exact) mass is 2330 g/mol. The fourth-order valence-corrected chi connectivity index (χ4v) is 20.2. The van der Waals surface area contributed by atoms with Gasteiger partial charge in [-0.15, -0.1) is 0 Å². The summed E-state index contributed by atoms with van der Waals surface area (Å²) in [5, 5.41) is 77.2. The van der Waals surface area contributed by atoms with E-state index in [1.165, 1.54) is 21.8 Å². The van der Waals surface area contributed by atoms with Gasteiger partial charge in [0.1, 0.15) is 71.5 Å². The Balaban J connectivity index is 0.000000888. The fourth-order valence-electron chi connectivity index (χ4n) is 10.2. The van der Waals surface area contributed by atoms with E-state index in [1.807, 2.05) is 18.8 Å². The molecule has 76 heteroatoms. The SMILES string of the molecule is C.CSCCCc1nc(SCCC(F)(F)F)nc2c1ncn2[C@@H]1O[C@H](CO)[C@@H](O)[C@H]1O.CSCCCc1nc(SCCC(F)(F)F)nc2c1ncn2[C@@H]1O[C@H](COP(=O)(Cl)Cl)[C@@H](O)[C@H]1O.CSCCCc1nc(SCCC(F)(F)F)nc2c1ncn2[C@@H]1O[C@H](COP(=O)([O-])OP(=O)(O)C(Cl)(Cl)P(=O)([O-])[O-])[C@@H](O)[C@H]1O.O=CO[O-].O=P(Cl)(Cl)Cl.O=P(O)(O)C(Cl)(Cl)P(=O)(O)O.[B].[Na+]. The number of phosphoric ester groups is 1. The van der Waals surface area contributed by atoms with Gasteiger partial charge in [0.25, 0.3) is 14.3 Å². The molecule has 6 aromatic rings. The number of nitrogens with zero attached hydrogens (tertiary/aromatic N) is 12. The Labute approximate surface area is 830 Å². The minimum atomic E-state index is -6.31. The van der Waals surface area contributed by atoms with E-state index in [2.05, 4.69) is 92.3 Å². The predicted molar refractivity (Wildman–Crippen MR) is 460 cm³/mol. The molecule has 0 bridgehead atoms. The van der Waals surface area contributed by atoms with E-state index in [-0.39, 0.29) is 101 Å². The molecular weight excluding hydrogens is 2260 g/mol. The van der Waals surface area contributed by atoms with Gasteiger partial charge in [0.2, 0.25) is 3.82 Å². The Hall–Kier alpha value is 0.995. The quantitative estimate of drug-likeness (QED) is 0.00186. The zero-order valence-electron chi connectivity index (χ0n) is 65.9. The summed E-state index contributed by atoms with van der Waals surface area (Å²) in [5.74, 6) is 1.61. The van der Waals surface area contributed by atoms with Crippen molar-refractivity contribution in [3.8, 4) is 0 Å². The van der Waals surface area contributed by atoms with Crippen molar-refractivity contribution in [2.45, 2.75) is 180 Å². The molecule has 3 aliphatic heterocycles. The van der Waals surface area contributed by atoms with Crippen LogP contribution in [0.4, 0.5) is 39.5 Å². The number of fused-ring (bicyclic) bond motifs is 3. The molecule has 14 atom stereocenters. The van der Waals surface area contributed by atoms with E-state index in [4.69, 9.17) is 117 Å². The zero-order valence-corrected chi connectivity index (χ0v) is 85.9. The molecule has 3 aliphatic rings. The van der Waals surface area contributed by atoms with Crippen LogP contribution in [0.2, 0.25) is 0 Å². The van der Waals surface area contributed by atoms with Crippen LogP contribution in [0, 0.1) is 0 Å². The number of phosphoric acid groups is 1.